The molecule has 20 heavy (non-hydrogen) atoms. The zero-order valence-electron chi connectivity index (χ0n) is 13.0. The molecule has 2 nitrogen and oxygen atoms in total. The second-order valence-corrected chi connectivity index (χ2v) is 6.46. The first kappa shape index (κ1) is 15.4. The van der Waals surface area contributed by atoms with Gasteiger partial charge in [0.25, 0.3) is 0 Å². The van der Waals surface area contributed by atoms with Crippen molar-refractivity contribution < 1.29 is 0 Å². The molecule has 3 heteroatoms. The van der Waals surface area contributed by atoms with Crippen LogP contribution in [0.15, 0.2) is 18.2 Å². The molecule has 0 aliphatic rings. The van der Waals surface area contributed by atoms with Crippen LogP contribution in [0.3, 0.4) is 0 Å². The Morgan fingerprint density at radius 3 is 2.60 bits per heavy atom. The van der Waals surface area contributed by atoms with Gasteiger partial charge in [-0.1, -0.05) is 32.8 Å². The van der Waals surface area contributed by atoms with E-state index >= 15 is 0 Å². The van der Waals surface area contributed by atoms with E-state index in [0.717, 1.165) is 17.3 Å². The molecule has 2 aromatic rings. The van der Waals surface area contributed by atoms with Gasteiger partial charge >= 0.3 is 0 Å². The number of benzene rings is 1. The summed E-state index contributed by atoms with van der Waals surface area (Å²) in [6, 6.07) is 6.88. The highest BCUT2D eigenvalue weighted by Crippen LogP contribution is 2.26. The maximum atomic E-state index is 6.09. The Morgan fingerprint density at radius 1 is 1.20 bits per heavy atom. The quantitative estimate of drug-likeness (QED) is 0.645. The lowest BCUT2D eigenvalue weighted by Crippen LogP contribution is -2.09. The third-order valence-corrected chi connectivity index (χ3v) is 4.12. The van der Waals surface area contributed by atoms with Gasteiger partial charge in [-0.25, -0.2) is 4.98 Å². The molecule has 0 N–H and O–H groups in total. The smallest absolute Gasteiger partial charge is 0.125 e. The molecule has 1 unspecified atom stereocenters. The summed E-state index contributed by atoms with van der Waals surface area (Å²) in [6.07, 6.45) is 3.72. The van der Waals surface area contributed by atoms with Gasteiger partial charge < -0.3 is 4.57 Å². The molecule has 0 amide bonds. The zero-order chi connectivity index (χ0) is 14.7. The van der Waals surface area contributed by atoms with E-state index in [1.165, 1.54) is 30.3 Å². The van der Waals surface area contributed by atoms with E-state index in [2.05, 4.69) is 55.4 Å². The highest BCUT2D eigenvalue weighted by atomic mass is 35.5. The number of hydrogen-bond acceptors (Lipinski definition) is 1. The van der Waals surface area contributed by atoms with Gasteiger partial charge in [-0.15, -0.1) is 11.6 Å². The van der Waals surface area contributed by atoms with E-state index in [4.69, 9.17) is 11.6 Å². The fourth-order valence-corrected chi connectivity index (χ4v) is 2.98. The zero-order valence-corrected chi connectivity index (χ0v) is 13.7. The van der Waals surface area contributed by atoms with Crippen LogP contribution in [0.5, 0.6) is 0 Å². The number of alkyl halides is 1. The number of nitrogens with zero attached hydrogens (tertiary/aromatic N) is 2. The van der Waals surface area contributed by atoms with E-state index in [9.17, 15) is 0 Å². The molecular formula is C17H25ClN2. The Kier molecular flexibility index (Phi) is 5.09. The normalized spacial score (nSPS) is 13.3. The number of hydrogen-bond donors (Lipinski definition) is 0. The van der Waals surface area contributed by atoms with Gasteiger partial charge in [0.1, 0.15) is 5.82 Å². The first-order chi connectivity index (χ1) is 9.52. The SMILES string of the molecule is Cc1ccc2nc(CCl)n(C(C)CCCC(C)C)c2c1. The minimum Gasteiger partial charge on any atom is -0.324 e. The molecule has 0 bridgehead atoms. The first-order valence-electron chi connectivity index (χ1n) is 7.56. The van der Waals surface area contributed by atoms with Gasteiger partial charge in [0, 0.05) is 6.04 Å². The van der Waals surface area contributed by atoms with Crippen LogP contribution in [0.25, 0.3) is 11.0 Å². The highest BCUT2D eigenvalue weighted by Gasteiger charge is 2.15. The standard InChI is InChI=1S/C17H25ClN2/c1-12(2)6-5-7-14(4)20-16-10-13(3)8-9-15(16)19-17(20)11-18/h8-10,12,14H,5-7,11H2,1-4H3. The molecule has 0 aliphatic carbocycles. The van der Waals surface area contributed by atoms with Crippen molar-refractivity contribution in [3.05, 3.63) is 29.6 Å². The van der Waals surface area contributed by atoms with Crippen LogP contribution in [0.1, 0.15) is 57.5 Å². The van der Waals surface area contributed by atoms with E-state index in [1.54, 1.807) is 0 Å². The molecule has 0 saturated heterocycles. The Balaban J connectivity index is 2.28. The highest BCUT2D eigenvalue weighted by molar-refractivity contribution is 6.16. The molecule has 0 spiro atoms. The molecule has 0 aliphatic heterocycles. The molecule has 0 fully saturated rings. The minimum absolute atomic E-state index is 0.453. The van der Waals surface area contributed by atoms with E-state index in [1.807, 2.05) is 0 Å². The molecule has 0 radical (unpaired) electrons. The maximum Gasteiger partial charge on any atom is 0.125 e. The van der Waals surface area contributed by atoms with Gasteiger partial charge in [0.15, 0.2) is 0 Å². The molecule has 1 atom stereocenters. The van der Waals surface area contributed by atoms with E-state index in [0.29, 0.717) is 11.9 Å². The van der Waals surface area contributed by atoms with E-state index in [-0.39, 0.29) is 0 Å². The van der Waals surface area contributed by atoms with Crippen molar-refractivity contribution in [2.75, 3.05) is 0 Å². The lowest BCUT2D eigenvalue weighted by Gasteiger charge is -2.17. The summed E-state index contributed by atoms with van der Waals surface area (Å²) < 4.78 is 2.33. The molecule has 0 saturated carbocycles. The lowest BCUT2D eigenvalue weighted by atomic mass is 10.0. The minimum atomic E-state index is 0.453. The number of aromatic nitrogens is 2. The first-order valence-corrected chi connectivity index (χ1v) is 8.09. The monoisotopic (exact) mass is 292 g/mol. The Morgan fingerprint density at radius 2 is 1.95 bits per heavy atom. The molecule has 2 rings (SSSR count). The van der Waals surface area contributed by atoms with Crippen LogP contribution in [0, 0.1) is 12.8 Å². The summed E-state index contributed by atoms with van der Waals surface area (Å²) in [5.74, 6) is 2.24. The summed E-state index contributed by atoms with van der Waals surface area (Å²) in [5.41, 5.74) is 3.55. The van der Waals surface area contributed by atoms with Crippen molar-refractivity contribution >= 4 is 22.6 Å². The van der Waals surface area contributed by atoms with Crippen LogP contribution >= 0.6 is 11.6 Å². The largest absolute Gasteiger partial charge is 0.324 e. The van der Waals surface area contributed by atoms with Gasteiger partial charge in [-0.05, 0) is 43.9 Å². The predicted molar refractivity (Wildman–Crippen MR) is 87.4 cm³/mol. The molecule has 1 aromatic heterocycles. The summed E-state index contributed by atoms with van der Waals surface area (Å²) in [5, 5.41) is 0. The van der Waals surface area contributed by atoms with Crippen molar-refractivity contribution in [1.82, 2.24) is 9.55 Å². The Bertz CT molecular complexity index is 572. The third kappa shape index (κ3) is 3.35. The second-order valence-electron chi connectivity index (χ2n) is 6.20. The number of imidazole rings is 1. The average molecular weight is 293 g/mol. The van der Waals surface area contributed by atoms with Crippen molar-refractivity contribution in [2.45, 2.75) is 58.9 Å². The summed E-state index contributed by atoms with van der Waals surface area (Å²) in [4.78, 5) is 4.67. The predicted octanol–water partition coefficient (Wildman–Crippen LogP) is 5.47. The summed E-state index contributed by atoms with van der Waals surface area (Å²) in [6.45, 7) is 8.97. The van der Waals surface area contributed by atoms with Crippen molar-refractivity contribution in [3.8, 4) is 0 Å². The number of fused-ring (bicyclic) bond motifs is 1. The number of halogens is 1. The molecule has 1 aromatic carbocycles. The Labute approximate surface area is 127 Å². The van der Waals surface area contributed by atoms with Gasteiger partial charge in [-0.2, -0.15) is 0 Å². The topological polar surface area (TPSA) is 17.8 Å². The van der Waals surface area contributed by atoms with Crippen LogP contribution in [0.4, 0.5) is 0 Å². The van der Waals surface area contributed by atoms with Crippen molar-refractivity contribution in [1.29, 1.82) is 0 Å². The summed E-state index contributed by atoms with van der Waals surface area (Å²) in [7, 11) is 0. The van der Waals surface area contributed by atoms with Crippen molar-refractivity contribution in [3.63, 3.8) is 0 Å². The van der Waals surface area contributed by atoms with Crippen LogP contribution < -0.4 is 0 Å². The number of rotatable bonds is 6. The fraction of sp³-hybridized carbons (Fsp3) is 0.588. The molecule has 1 heterocycles. The van der Waals surface area contributed by atoms with Gasteiger partial charge in [0.2, 0.25) is 0 Å². The number of aryl methyl sites for hydroxylation is 1. The lowest BCUT2D eigenvalue weighted by molar-refractivity contribution is 0.447. The second kappa shape index (κ2) is 6.62. The van der Waals surface area contributed by atoms with E-state index < -0.39 is 0 Å². The van der Waals surface area contributed by atoms with Crippen LogP contribution in [-0.2, 0) is 5.88 Å². The average Bonchev–Trinajstić information content (AvgIpc) is 2.75. The van der Waals surface area contributed by atoms with Gasteiger partial charge in [-0.3, -0.25) is 0 Å². The third-order valence-electron chi connectivity index (χ3n) is 3.88. The fourth-order valence-electron chi connectivity index (χ4n) is 2.79. The Hall–Kier alpha value is -1.02. The van der Waals surface area contributed by atoms with Crippen molar-refractivity contribution in [2.24, 2.45) is 5.92 Å². The molecule has 110 valence electrons. The van der Waals surface area contributed by atoms with Crippen LogP contribution in [0.2, 0.25) is 0 Å². The van der Waals surface area contributed by atoms with Gasteiger partial charge in [0.05, 0.1) is 16.9 Å². The van der Waals surface area contributed by atoms with Crippen LogP contribution in [-0.4, -0.2) is 9.55 Å². The molecular weight excluding hydrogens is 268 g/mol. The maximum absolute atomic E-state index is 6.09. The summed E-state index contributed by atoms with van der Waals surface area (Å²) >= 11 is 6.09.